The summed E-state index contributed by atoms with van der Waals surface area (Å²) in [5, 5.41) is 17.0. The average molecular weight is 484 g/mol. The fourth-order valence-corrected chi connectivity index (χ4v) is 4.82. The Kier molecular flexibility index (Phi) is 9.31. The summed E-state index contributed by atoms with van der Waals surface area (Å²) >= 11 is 1.78. The lowest BCUT2D eigenvalue weighted by atomic mass is 9.84. The van der Waals surface area contributed by atoms with Gasteiger partial charge in [-0.25, -0.2) is 0 Å². The molecule has 3 N–H and O–H groups in total. The van der Waals surface area contributed by atoms with Crippen LogP contribution in [0.4, 0.5) is 0 Å². The van der Waals surface area contributed by atoms with Crippen LogP contribution in [0.2, 0.25) is 0 Å². The third-order valence-electron chi connectivity index (χ3n) is 4.97. The number of hydrogen-bond donors (Lipinski definition) is 3. The van der Waals surface area contributed by atoms with Crippen LogP contribution in [0.1, 0.15) is 39.0 Å². The number of amides is 1. The summed E-state index contributed by atoms with van der Waals surface area (Å²) in [4.78, 5) is 18.9. The number of aliphatic imine (C=N–C) groups is 1. The number of halogens is 1. The van der Waals surface area contributed by atoms with Crippen molar-refractivity contribution >= 4 is 47.6 Å². The summed E-state index contributed by atoms with van der Waals surface area (Å²) in [6.45, 7) is 3.79. The minimum Gasteiger partial charge on any atom is -0.387 e. The Morgan fingerprint density at radius 3 is 2.44 bits per heavy atom. The largest absolute Gasteiger partial charge is 0.387 e. The molecule has 146 valence electrons. The van der Waals surface area contributed by atoms with Crippen LogP contribution in [-0.4, -0.2) is 72.7 Å². The zero-order valence-corrected chi connectivity index (χ0v) is 18.8. The zero-order valence-electron chi connectivity index (χ0n) is 15.6. The molecule has 0 aromatic rings. The van der Waals surface area contributed by atoms with Gasteiger partial charge in [-0.05, 0) is 31.9 Å². The standard InChI is InChI=1S/C17H32N4O2S.HI/c1-4-18-15(20-12-17(23)9-10-24-13-17)19-11-16(7-5-6-8-16)14(22)21(2)3;/h23H,4-13H2,1-3H3,(H2,18,19,20);1H. The molecule has 25 heavy (non-hydrogen) atoms. The minimum atomic E-state index is -0.683. The predicted octanol–water partition coefficient (Wildman–Crippen LogP) is 1.68. The van der Waals surface area contributed by atoms with Crippen molar-refractivity contribution < 1.29 is 9.90 Å². The first-order valence-electron chi connectivity index (χ1n) is 8.95. The van der Waals surface area contributed by atoms with E-state index in [-0.39, 0.29) is 35.3 Å². The summed E-state index contributed by atoms with van der Waals surface area (Å²) < 4.78 is 0. The summed E-state index contributed by atoms with van der Waals surface area (Å²) in [6.07, 6.45) is 4.86. The number of nitrogens with one attached hydrogen (secondary N) is 2. The Labute approximate surface area is 173 Å². The molecule has 8 heteroatoms. The van der Waals surface area contributed by atoms with Crippen molar-refractivity contribution in [3.63, 3.8) is 0 Å². The number of thioether (sulfide) groups is 1. The van der Waals surface area contributed by atoms with Crippen molar-refractivity contribution in [1.29, 1.82) is 0 Å². The summed E-state index contributed by atoms with van der Waals surface area (Å²) in [7, 11) is 3.66. The van der Waals surface area contributed by atoms with E-state index in [4.69, 9.17) is 0 Å². The number of aliphatic hydroxyl groups is 1. The molecule has 2 rings (SSSR count). The van der Waals surface area contributed by atoms with Gasteiger partial charge in [-0.2, -0.15) is 11.8 Å². The fourth-order valence-electron chi connectivity index (χ4n) is 3.53. The van der Waals surface area contributed by atoms with E-state index in [0.717, 1.165) is 50.2 Å². The maximum Gasteiger partial charge on any atom is 0.230 e. The molecule has 0 aromatic heterocycles. The molecule has 1 atom stereocenters. The fraction of sp³-hybridized carbons (Fsp3) is 0.882. The average Bonchev–Trinajstić information content (AvgIpc) is 3.20. The van der Waals surface area contributed by atoms with Gasteiger partial charge in [0, 0.05) is 32.9 Å². The van der Waals surface area contributed by atoms with Gasteiger partial charge in [-0.15, -0.1) is 24.0 Å². The maximum atomic E-state index is 12.6. The number of carbonyl (C=O) groups excluding carboxylic acids is 1. The highest BCUT2D eigenvalue weighted by molar-refractivity contribution is 14.0. The van der Waals surface area contributed by atoms with Crippen LogP contribution >= 0.6 is 35.7 Å². The molecule has 1 unspecified atom stereocenters. The Morgan fingerprint density at radius 1 is 1.24 bits per heavy atom. The van der Waals surface area contributed by atoms with Crippen molar-refractivity contribution in [2.24, 2.45) is 10.4 Å². The van der Waals surface area contributed by atoms with E-state index < -0.39 is 5.60 Å². The van der Waals surface area contributed by atoms with E-state index in [1.54, 1.807) is 16.7 Å². The van der Waals surface area contributed by atoms with Gasteiger partial charge >= 0.3 is 0 Å². The smallest absolute Gasteiger partial charge is 0.230 e. The molecule has 0 spiro atoms. The zero-order chi connectivity index (χ0) is 17.6. The van der Waals surface area contributed by atoms with Gasteiger partial charge < -0.3 is 20.6 Å². The molecule has 6 nitrogen and oxygen atoms in total. The molecule has 2 aliphatic rings. The normalized spacial score (nSPS) is 25.4. The molecular weight excluding hydrogens is 451 g/mol. The van der Waals surface area contributed by atoms with Crippen LogP contribution in [0, 0.1) is 5.41 Å². The van der Waals surface area contributed by atoms with Gasteiger partial charge in [0.15, 0.2) is 5.96 Å². The monoisotopic (exact) mass is 484 g/mol. The summed E-state index contributed by atoms with van der Waals surface area (Å²) in [6, 6.07) is 0. The maximum absolute atomic E-state index is 12.6. The van der Waals surface area contributed by atoms with Gasteiger partial charge in [0.1, 0.15) is 0 Å². The second-order valence-electron chi connectivity index (χ2n) is 7.26. The van der Waals surface area contributed by atoms with E-state index in [2.05, 4.69) is 15.6 Å². The lowest BCUT2D eigenvalue weighted by Gasteiger charge is -2.31. The third-order valence-corrected chi connectivity index (χ3v) is 6.21. The lowest BCUT2D eigenvalue weighted by molar-refractivity contribution is -0.138. The molecule has 1 heterocycles. The molecule has 0 aromatic carbocycles. The van der Waals surface area contributed by atoms with Gasteiger partial charge in [-0.3, -0.25) is 9.79 Å². The molecule has 0 bridgehead atoms. The van der Waals surface area contributed by atoms with E-state index >= 15 is 0 Å². The van der Waals surface area contributed by atoms with Crippen LogP contribution < -0.4 is 10.6 Å². The van der Waals surface area contributed by atoms with Crippen molar-refractivity contribution in [3.05, 3.63) is 0 Å². The summed E-state index contributed by atoms with van der Waals surface area (Å²) in [5.74, 6) is 2.64. The van der Waals surface area contributed by atoms with E-state index in [1.165, 1.54) is 0 Å². The Hall–Kier alpha value is -0.220. The van der Waals surface area contributed by atoms with Gasteiger partial charge in [0.05, 0.1) is 17.6 Å². The second kappa shape index (κ2) is 10.2. The van der Waals surface area contributed by atoms with Crippen molar-refractivity contribution in [2.45, 2.75) is 44.6 Å². The second-order valence-corrected chi connectivity index (χ2v) is 8.37. The first-order chi connectivity index (χ1) is 11.4. The van der Waals surface area contributed by atoms with Crippen LogP contribution in [0.25, 0.3) is 0 Å². The van der Waals surface area contributed by atoms with Gasteiger partial charge in [-0.1, -0.05) is 12.8 Å². The molecule has 1 aliphatic heterocycles. The number of hydrogen-bond acceptors (Lipinski definition) is 4. The molecule has 1 saturated heterocycles. The van der Waals surface area contributed by atoms with E-state index in [1.807, 2.05) is 21.0 Å². The van der Waals surface area contributed by atoms with E-state index in [0.29, 0.717) is 19.0 Å². The van der Waals surface area contributed by atoms with Crippen LogP contribution in [0.5, 0.6) is 0 Å². The van der Waals surface area contributed by atoms with Crippen LogP contribution in [0.15, 0.2) is 4.99 Å². The van der Waals surface area contributed by atoms with Crippen molar-refractivity contribution in [2.75, 3.05) is 45.2 Å². The minimum absolute atomic E-state index is 0. The number of nitrogens with zero attached hydrogens (tertiary/aromatic N) is 2. The summed E-state index contributed by atoms with van der Waals surface area (Å²) in [5.41, 5.74) is -1.00. The topological polar surface area (TPSA) is 77.0 Å². The number of rotatable bonds is 6. The quantitative estimate of drug-likeness (QED) is 0.304. The molecule has 2 fully saturated rings. The molecule has 0 radical (unpaired) electrons. The number of carbonyl (C=O) groups is 1. The van der Waals surface area contributed by atoms with Crippen molar-refractivity contribution in [1.82, 2.24) is 15.5 Å². The van der Waals surface area contributed by atoms with Crippen LogP contribution in [-0.2, 0) is 4.79 Å². The molecule has 1 amide bonds. The van der Waals surface area contributed by atoms with Crippen LogP contribution in [0.3, 0.4) is 0 Å². The third kappa shape index (κ3) is 6.16. The molecular formula is C17H33IN4O2S. The SMILES string of the molecule is CCNC(=NCC1(O)CCSC1)NCC1(C(=O)N(C)C)CCCC1.I. The van der Waals surface area contributed by atoms with Crippen molar-refractivity contribution in [3.8, 4) is 0 Å². The molecule has 1 aliphatic carbocycles. The predicted molar refractivity (Wildman–Crippen MR) is 116 cm³/mol. The highest BCUT2D eigenvalue weighted by Gasteiger charge is 2.42. The highest BCUT2D eigenvalue weighted by Crippen LogP contribution is 2.38. The Balaban J connectivity index is 0.00000312. The van der Waals surface area contributed by atoms with E-state index in [9.17, 15) is 9.90 Å². The highest BCUT2D eigenvalue weighted by atomic mass is 127. The Morgan fingerprint density at radius 2 is 1.92 bits per heavy atom. The number of guanidine groups is 1. The first kappa shape index (κ1) is 22.8. The van der Waals surface area contributed by atoms with Gasteiger partial charge in [0.2, 0.25) is 5.91 Å². The molecule has 1 saturated carbocycles. The van der Waals surface area contributed by atoms with Gasteiger partial charge in [0.25, 0.3) is 0 Å². The first-order valence-corrected chi connectivity index (χ1v) is 10.1. The lowest BCUT2D eigenvalue weighted by Crippen LogP contribution is -2.49. The Bertz CT molecular complexity index is 462.